The lowest BCUT2D eigenvalue weighted by molar-refractivity contribution is -0.131. The average Bonchev–Trinajstić information content (AvgIpc) is 3.34. The van der Waals surface area contributed by atoms with E-state index in [0.717, 1.165) is 34.6 Å². The first-order valence-corrected chi connectivity index (χ1v) is 12.0. The van der Waals surface area contributed by atoms with Crippen molar-refractivity contribution >= 4 is 11.5 Å². The minimum absolute atomic E-state index is 0.0121. The Morgan fingerprint density at radius 3 is 2.50 bits per heavy atom. The van der Waals surface area contributed by atoms with Crippen molar-refractivity contribution in [2.24, 2.45) is 0 Å². The molecular formula is C30H28FN3O2. The number of rotatable bonds is 6. The molecule has 2 heterocycles. The van der Waals surface area contributed by atoms with Crippen LogP contribution in [0.3, 0.4) is 0 Å². The fourth-order valence-corrected chi connectivity index (χ4v) is 4.53. The molecule has 0 fully saturated rings. The van der Waals surface area contributed by atoms with Crippen molar-refractivity contribution in [1.82, 2.24) is 14.7 Å². The Hall–Kier alpha value is -4.19. The molecule has 0 bridgehead atoms. The number of carbonyl (C=O) groups is 1. The maximum Gasteiger partial charge on any atom is 0.244 e. The van der Waals surface area contributed by atoms with Crippen molar-refractivity contribution in [1.29, 1.82) is 0 Å². The Labute approximate surface area is 210 Å². The van der Waals surface area contributed by atoms with Gasteiger partial charge in [0.05, 0.1) is 18.5 Å². The van der Waals surface area contributed by atoms with Gasteiger partial charge in [-0.3, -0.25) is 9.48 Å². The van der Waals surface area contributed by atoms with Crippen LogP contribution in [0.1, 0.15) is 17.5 Å². The van der Waals surface area contributed by atoms with E-state index in [2.05, 4.69) is 12.1 Å². The molecule has 1 aliphatic rings. The minimum Gasteiger partial charge on any atom is -0.497 e. The molecule has 0 spiro atoms. The van der Waals surface area contributed by atoms with E-state index in [1.165, 1.54) is 11.6 Å². The summed E-state index contributed by atoms with van der Waals surface area (Å²) >= 11 is 0. The highest BCUT2D eigenvalue weighted by atomic mass is 19.1. The van der Waals surface area contributed by atoms with Gasteiger partial charge in [-0.25, -0.2) is 4.39 Å². The molecule has 0 N–H and O–H groups in total. The second kappa shape index (κ2) is 10.2. The molecule has 36 heavy (non-hydrogen) atoms. The molecule has 1 aromatic heterocycles. The molecule has 5 nitrogen and oxygen atoms in total. The Morgan fingerprint density at radius 2 is 1.78 bits per heavy atom. The maximum atomic E-state index is 13.8. The number of carbonyl (C=O) groups excluding carboxylic acids is 1. The van der Waals surface area contributed by atoms with Gasteiger partial charge < -0.3 is 9.64 Å². The van der Waals surface area contributed by atoms with Crippen LogP contribution in [-0.4, -0.2) is 40.8 Å². The predicted molar refractivity (Wildman–Crippen MR) is 140 cm³/mol. The van der Waals surface area contributed by atoms with E-state index in [1.54, 1.807) is 30.8 Å². The Morgan fingerprint density at radius 1 is 0.972 bits per heavy atom. The number of nitrogens with zero attached hydrogens (tertiary/aromatic N) is 3. The summed E-state index contributed by atoms with van der Waals surface area (Å²) in [5.74, 6) is 0.590. The lowest BCUT2D eigenvalue weighted by atomic mass is 9.99. The molecule has 0 unspecified atom stereocenters. The molecule has 0 saturated carbocycles. The molecule has 6 heteroatoms. The van der Waals surface area contributed by atoms with Crippen molar-refractivity contribution in [3.05, 3.63) is 102 Å². The summed E-state index contributed by atoms with van der Waals surface area (Å²) in [6.07, 6.45) is 2.90. The van der Waals surface area contributed by atoms with Crippen molar-refractivity contribution in [2.45, 2.75) is 19.9 Å². The van der Waals surface area contributed by atoms with Crippen LogP contribution in [0, 0.1) is 12.7 Å². The summed E-state index contributed by atoms with van der Waals surface area (Å²) < 4.78 is 20.9. The quantitative estimate of drug-likeness (QED) is 0.340. The third-order valence-electron chi connectivity index (χ3n) is 6.59. The zero-order chi connectivity index (χ0) is 25.1. The van der Waals surface area contributed by atoms with Crippen LogP contribution < -0.4 is 4.74 Å². The Balaban J connectivity index is 1.38. The van der Waals surface area contributed by atoms with Crippen LogP contribution in [0.2, 0.25) is 0 Å². The second-order valence-electron chi connectivity index (χ2n) is 8.95. The molecule has 4 aromatic rings. The minimum atomic E-state index is -0.247. The zero-order valence-corrected chi connectivity index (χ0v) is 20.4. The highest BCUT2D eigenvalue weighted by Crippen LogP contribution is 2.29. The lowest BCUT2D eigenvalue weighted by Crippen LogP contribution is -2.37. The molecule has 0 aliphatic carbocycles. The smallest absolute Gasteiger partial charge is 0.244 e. The van der Waals surface area contributed by atoms with Gasteiger partial charge in [0.2, 0.25) is 5.91 Å². The van der Waals surface area contributed by atoms with Gasteiger partial charge in [-0.2, -0.15) is 5.10 Å². The van der Waals surface area contributed by atoms with Crippen molar-refractivity contribution < 1.29 is 13.9 Å². The van der Waals surface area contributed by atoms with E-state index in [4.69, 9.17) is 9.84 Å². The second-order valence-corrected chi connectivity index (χ2v) is 8.95. The van der Waals surface area contributed by atoms with Crippen LogP contribution in [0.15, 0.2) is 84.9 Å². The molecule has 3 aromatic carbocycles. The molecule has 5 rings (SSSR count). The number of hydrogen-bond acceptors (Lipinski definition) is 3. The fraction of sp³-hybridized carbons (Fsp3) is 0.200. The van der Waals surface area contributed by atoms with Crippen LogP contribution in [0.25, 0.3) is 28.1 Å². The molecule has 1 amide bonds. The third kappa shape index (κ3) is 4.93. The largest absolute Gasteiger partial charge is 0.497 e. The van der Waals surface area contributed by atoms with Gasteiger partial charge >= 0.3 is 0 Å². The Kier molecular flexibility index (Phi) is 6.67. The fourth-order valence-electron chi connectivity index (χ4n) is 4.53. The molecule has 182 valence electrons. The first kappa shape index (κ1) is 23.5. The number of halogens is 1. The van der Waals surface area contributed by atoms with Crippen LogP contribution in [0.4, 0.5) is 4.39 Å². The summed E-state index contributed by atoms with van der Waals surface area (Å²) in [7, 11) is 1.66. The molecular weight excluding hydrogens is 453 g/mol. The number of hydrogen-bond donors (Lipinski definition) is 0. The molecule has 1 aliphatic heterocycles. The molecule has 0 radical (unpaired) electrons. The van der Waals surface area contributed by atoms with Gasteiger partial charge in [0, 0.05) is 18.7 Å². The van der Waals surface area contributed by atoms with Gasteiger partial charge in [-0.15, -0.1) is 0 Å². The van der Waals surface area contributed by atoms with Gasteiger partial charge in [-0.1, -0.05) is 48.5 Å². The normalized spacial score (nSPS) is 13.4. The number of methoxy groups -OCH3 is 1. The van der Waals surface area contributed by atoms with Gasteiger partial charge in [0.1, 0.15) is 18.1 Å². The van der Waals surface area contributed by atoms with Crippen molar-refractivity contribution in [3.8, 4) is 28.3 Å². The van der Waals surface area contributed by atoms with Crippen LogP contribution in [0.5, 0.6) is 5.75 Å². The Bertz CT molecular complexity index is 1430. The van der Waals surface area contributed by atoms with Gasteiger partial charge in [0.15, 0.2) is 0 Å². The standard InChI is InChI=1S/C30H28FN3O2/c1-21-17-25(11-12-27(21)31)28-19-29(23-7-4-3-5-8-23)34(32-28)20-30(35)33-15-13-22(14-16-33)24-9-6-10-26(18-24)36-2/h3-13,17-19H,14-16,20H2,1-2H3. The first-order valence-electron chi connectivity index (χ1n) is 12.0. The average molecular weight is 482 g/mol. The van der Waals surface area contributed by atoms with Crippen molar-refractivity contribution in [2.75, 3.05) is 20.2 Å². The van der Waals surface area contributed by atoms with Gasteiger partial charge in [0.25, 0.3) is 0 Å². The summed E-state index contributed by atoms with van der Waals surface area (Å²) in [4.78, 5) is 15.2. The van der Waals surface area contributed by atoms with E-state index in [1.807, 2.05) is 59.5 Å². The predicted octanol–water partition coefficient (Wildman–Crippen LogP) is 5.99. The number of benzene rings is 3. The maximum absolute atomic E-state index is 13.8. The van der Waals surface area contributed by atoms with Crippen molar-refractivity contribution in [3.63, 3.8) is 0 Å². The van der Waals surface area contributed by atoms with Crippen LogP contribution in [-0.2, 0) is 11.3 Å². The van der Waals surface area contributed by atoms with E-state index >= 15 is 0 Å². The number of aromatic nitrogens is 2. The van der Waals surface area contributed by atoms with Crippen LogP contribution >= 0.6 is 0 Å². The summed E-state index contributed by atoms with van der Waals surface area (Å²) in [5.41, 5.74) is 6.26. The first-order chi connectivity index (χ1) is 17.5. The third-order valence-corrected chi connectivity index (χ3v) is 6.59. The number of aryl methyl sites for hydroxylation is 1. The SMILES string of the molecule is COc1cccc(C2=CCN(C(=O)Cn3nc(-c4ccc(F)c(C)c4)cc3-c3ccccc3)CC2)c1. The molecule has 0 atom stereocenters. The number of amides is 1. The topological polar surface area (TPSA) is 47.4 Å². The monoisotopic (exact) mass is 481 g/mol. The van der Waals surface area contributed by atoms with E-state index in [-0.39, 0.29) is 18.3 Å². The number of ether oxygens (including phenoxy) is 1. The summed E-state index contributed by atoms with van der Waals surface area (Å²) in [5, 5.41) is 4.76. The van der Waals surface area contributed by atoms with Gasteiger partial charge in [-0.05, 0) is 72.0 Å². The summed E-state index contributed by atoms with van der Waals surface area (Å²) in [6, 6.07) is 24.8. The lowest BCUT2D eigenvalue weighted by Gasteiger charge is -2.27. The van der Waals surface area contributed by atoms with E-state index in [9.17, 15) is 9.18 Å². The van der Waals surface area contributed by atoms with E-state index in [0.29, 0.717) is 24.3 Å². The zero-order valence-electron chi connectivity index (χ0n) is 20.4. The van der Waals surface area contributed by atoms with E-state index < -0.39 is 0 Å². The highest BCUT2D eigenvalue weighted by Gasteiger charge is 2.21. The highest BCUT2D eigenvalue weighted by molar-refractivity contribution is 5.79. The molecule has 0 saturated heterocycles. The summed E-state index contributed by atoms with van der Waals surface area (Å²) in [6.45, 7) is 3.07.